The lowest BCUT2D eigenvalue weighted by molar-refractivity contribution is 0.0273. The van der Waals surface area contributed by atoms with Crippen LogP contribution in [0.5, 0.6) is 0 Å². The summed E-state index contributed by atoms with van der Waals surface area (Å²) >= 11 is 0. The summed E-state index contributed by atoms with van der Waals surface area (Å²) in [6.45, 7) is 6.67. The number of pyridine rings is 2. The molecule has 128 valence electrons. The largest absolute Gasteiger partial charge is 0.444 e. The predicted octanol–water partition coefficient (Wildman–Crippen LogP) is 3.53. The number of rotatable bonds is 1. The van der Waals surface area contributed by atoms with Crippen LogP contribution >= 0.6 is 0 Å². The second kappa shape index (κ2) is 6.52. The molecular formula is C19H20N4O2. The van der Waals surface area contributed by atoms with Crippen LogP contribution in [0.2, 0.25) is 0 Å². The third-order valence-electron chi connectivity index (χ3n) is 3.82. The van der Waals surface area contributed by atoms with E-state index < -0.39 is 5.60 Å². The molecule has 2 aromatic rings. The lowest BCUT2D eigenvalue weighted by Gasteiger charge is -2.30. The van der Waals surface area contributed by atoms with Crippen molar-refractivity contribution in [1.29, 1.82) is 5.26 Å². The Bertz CT molecular complexity index is 890. The van der Waals surface area contributed by atoms with Gasteiger partial charge in [-0.2, -0.15) is 5.26 Å². The van der Waals surface area contributed by atoms with Crippen LogP contribution in [-0.2, 0) is 4.74 Å². The smallest absolute Gasteiger partial charge is 0.410 e. The molecule has 1 aliphatic rings. The first-order valence-corrected chi connectivity index (χ1v) is 8.20. The minimum atomic E-state index is -0.514. The van der Waals surface area contributed by atoms with Crippen LogP contribution < -0.4 is 0 Å². The molecule has 0 saturated heterocycles. The normalized spacial score (nSPS) is 14.8. The average Bonchev–Trinajstić information content (AvgIpc) is 2.59. The fourth-order valence-electron chi connectivity index (χ4n) is 2.67. The predicted molar refractivity (Wildman–Crippen MR) is 94.7 cm³/mol. The number of aromatic nitrogens is 2. The molecule has 0 spiro atoms. The average molecular weight is 336 g/mol. The summed E-state index contributed by atoms with van der Waals surface area (Å²) in [5, 5.41) is 9.87. The first kappa shape index (κ1) is 16.9. The molecule has 2 aromatic heterocycles. The van der Waals surface area contributed by atoms with Gasteiger partial charge in [-0.25, -0.2) is 14.8 Å². The van der Waals surface area contributed by atoms with Gasteiger partial charge in [0.1, 0.15) is 17.4 Å². The van der Waals surface area contributed by atoms with E-state index in [1.54, 1.807) is 17.2 Å². The first-order chi connectivity index (χ1) is 11.9. The van der Waals surface area contributed by atoms with E-state index in [0.29, 0.717) is 18.8 Å². The van der Waals surface area contributed by atoms with Gasteiger partial charge in [-0.1, -0.05) is 6.08 Å². The van der Waals surface area contributed by atoms with Gasteiger partial charge in [0.15, 0.2) is 0 Å². The quantitative estimate of drug-likeness (QED) is 0.796. The minimum absolute atomic E-state index is 0.310. The molecule has 6 nitrogen and oxygen atoms in total. The highest BCUT2D eigenvalue weighted by Gasteiger charge is 2.25. The van der Waals surface area contributed by atoms with E-state index in [4.69, 9.17) is 10.00 Å². The van der Waals surface area contributed by atoms with Crippen LogP contribution in [0, 0.1) is 11.3 Å². The number of carbonyl (C=O) groups excluding carboxylic acids is 1. The summed E-state index contributed by atoms with van der Waals surface area (Å²) in [6.07, 6.45) is 4.19. The molecule has 1 aliphatic heterocycles. The van der Waals surface area contributed by atoms with E-state index in [9.17, 15) is 4.79 Å². The van der Waals surface area contributed by atoms with E-state index in [0.717, 1.165) is 28.6 Å². The Labute approximate surface area is 146 Å². The minimum Gasteiger partial charge on any atom is -0.444 e. The molecule has 6 heteroatoms. The molecular weight excluding hydrogens is 316 g/mol. The number of amides is 1. The SMILES string of the molecule is CC(C)(C)OC(=O)N1CCC=C(c2ccc3cnc(C#N)cc3n2)C1. The number of nitriles is 1. The van der Waals surface area contributed by atoms with Crippen LogP contribution in [0.3, 0.4) is 0 Å². The fourth-order valence-corrected chi connectivity index (χ4v) is 2.67. The van der Waals surface area contributed by atoms with Gasteiger partial charge < -0.3 is 9.64 Å². The maximum Gasteiger partial charge on any atom is 0.410 e. The number of hydrogen-bond acceptors (Lipinski definition) is 5. The van der Waals surface area contributed by atoms with Gasteiger partial charge in [0.05, 0.1) is 17.8 Å². The summed E-state index contributed by atoms with van der Waals surface area (Å²) < 4.78 is 5.46. The number of nitrogens with zero attached hydrogens (tertiary/aromatic N) is 4. The van der Waals surface area contributed by atoms with E-state index in [2.05, 4.69) is 16.0 Å². The molecule has 3 heterocycles. The van der Waals surface area contributed by atoms with E-state index in [1.165, 1.54) is 0 Å². The van der Waals surface area contributed by atoms with Crippen molar-refractivity contribution in [3.63, 3.8) is 0 Å². The van der Waals surface area contributed by atoms with Gasteiger partial charge in [0, 0.05) is 24.2 Å². The Balaban J connectivity index is 1.84. The molecule has 0 aliphatic carbocycles. The van der Waals surface area contributed by atoms with Crippen LogP contribution in [0.4, 0.5) is 4.79 Å². The van der Waals surface area contributed by atoms with Crippen molar-refractivity contribution in [2.45, 2.75) is 32.8 Å². The zero-order valence-corrected chi connectivity index (χ0v) is 14.6. The highest BCUT2D eigenvalue weighted by Crippen LogP contribution is 2.23. The second-order valence-electron chi connectivity index (χ2n) is 6.99. The lowest BCUT2D eigenvalue weighted by Crippen LogP contribution is -2.39. The van der Waals surface area contributed by atoms with Gasteiger partial charge in [0.2, 0.25) is 0 Å². The monoisotopic (exact) mass is 336 g/mol. The molecule has 0 bridgehead atoms. The van der Waals surface area contributed by atoms with Crippen LogP contribution in [0.1, 0.15) is 38.6 Å². The zero-order chi connectivity index (χ0) is 18.0. The molecule has 0 radical (unpaired) electrons. The van der Waals surface area contributed by atoms with Crippen molar-refractivity contribution in [2.75, 3.05) is 13.1 Å². The molecule has 25 heavy (non-hydrogen) atoms. The third-order valence-corrected chi connectivity index (χ3v) is 3.82. The number of fused-ring (bicyclic) bond motifs is 1. The highest BCUT2D eigenvalue weighted by atomic mass is 16.6. The van der Waals surface area contributed by atoms with Crippen molar-refractivity contribution < 1.29 is 9.53 Å². The summed E-state index contributed by atoms with van der Waals surface area (Å²) in [5.74, 6) is 0. The summed E-state index contributed by atoms with van der Waals surface area (Å²) in [7, 11) is 0. The van der Waals surface area contributed by atoms with Gasteiger partial charge in [0.25, 0.3) is 0 Å². The molecule has 0 fully saturated rings. The zero-order valence-electron chi connectivity index (χ0n) is 14.6. The Morgan fingerprint density at radius 3 is 2.88 bits per heavy atom. The molecule has 0 unspecified atom stereocenters. The van der Waals surface area contributed by atoms with Gasteiger partial charge in [-0.05, 0) is 44.9 Å². The number of hydrogen-bond donors (Lipinski definition) is 0. The fraction of sp³-hybridized carbons (Fsp3) is 0.368. The maximum atomic E-state index is 12.3. The first-order valence-electron chi connectivity index (χ1n) is 8.20. The Hall–Kier alpha value is -2.94. The summed E-state index contributed by atoms with van der Waals surface area (Å²) in [5.41, 5.74) is 2.33. The lowest BCUT2D eigenvalue weighted by atomic mass is 10.1. The number of ether oxygens (including phenoxy) is 1. The standard InChI is InChI=1S/C19H20N4O2/c1-19(2,3)25-18(24)23-8-4-5-14(12-23)16-7-6-13-11-21-15(10-20)9-17(13)22-16/h5-7,9,11H,4,8,12H2,1-3H3. The van der Waals surface area contributed by atoms with E-state index in [1.807, 2.05) is 39.0 Å². The molecule has 0 saturated carbocycles. The molecule has 0 atom stereocenters. The van der Waals surface area contributed by atoms with Gasteiger partial charge in [-0.15, -0.1) is 0 Å². The Morgan fingerprint density at radius 2 is 2.16 bits per heavy atom. The summed E-state index contributed by atoms with van der Waals surface area (Å²) in [4.78, 5) is 22.7. The Kier molecular flexibility index (Phi) is 4.41. The Morgan fingerprint density at radius 1 is 1.36 bits per heavy atom. The van der Waals surface area contributed by atoms with Gasteiger partial charge >= 0.3 is 6.09 Å². The molecule has 0 aromatic carbocycles. The van der Waals surface area contributed by atoms with Crippen LogP contribution in [-0.4, -0.2) is 39.7 Å². The van der Waals surface area contributed by atoms with E-state index >= 15 is 0 Å². The molecule has 1 amide bonds. The molecule has 3 rings (SSSR count). The van der Waals surface area contributed by atoms with Crippen molar-refractivity contribution >= 4 is 22.6 Å². The van der Waals surface area contributed by atoms with Crippen molar-refractivity contribution in [3.8, 4) is 6.07 Å². The second-order valence-corrected chi connectivity index (χ2v) is 6.99. The molecule has 0 N–H and O–H groups in total. The topological polar surface area (TPSA) is 79.1 Å². The number of carbonyl (C=O) groups is 1. The highest BCUT2D eigenvalue weighted by molar-refractivity contribution is 5.82. The van der Waals surface area contributed by atoms with Gasteiger partial charge in [-0.3, -0.25) is 0 Å². The third kappa shape index (κ3) is 3.94. The van der Waals surface area contributed by atoms with Crippen molar-refractivity contribution in [2.24, 2.45) is 0 Å². The van der Waals surface area contributed by atoms with Crippen molar-refractivity contribution in [1.82, 2.24) is 14.9 Å². The van der Waals surface area contributed by atoms with Crippen LogP contribution in [0.25, 0.3) is 16.5 Å². The van der Waals surface area contributed by atoms with E-state index in [-0.39, 0.29) is 6.09 Å². The summed E-state index contributed by atoms with van der Waals surface area (Å²) in [6, 6.07) is 7.55. The van der Waals surface area contributed by atoms with Crippen molar-refractivity contribution in [3.05, 3.63) is 41.9 Å². The van der Waals surface area contributed by atoms with Crippen LogP contribution in [0.15, 0.2) is 30.5 Å². The maximum absolute atomic E-state index is 12.3.